The van der Waals surface area contributed by atoms with E-state index in [1.165, 1.54) is 99.3 Å². The van der Waals surface area contributed by atoms with Gasteiger partial charge >= 0.3 is 0 Å². The number of anilines is 3. The van der Waals surface area contributed by atoms with Gasteiger partial charge in [0.2, 0.25) is 0 Å². The molecule has 13 aromatic carbocycles. The highest BCUT2D eigenvalue weighted by Gasteiger charge is 2.19. The third-order valence-corrected chi connectivity index (χ3v) is 15.3. The fourth-order valence-corrected chi connectivity index (χ4v) is 11.5. The fourth-order valence-electron chi connectivity index (χ4n) is 11.5. The Kier molecular flexibility index (Phi) is 11.9. The Morgan fingerprint density at radius 1 is 0.205 bits per heavy atom. The van der Waals surface area contributed by atoms with E-state index in [9.17, 15) is 0 Å². The lowest BCUT2D eigenvalue weighted by atomic mass is 9.93. The highest BCUT2D eigenvalue weighted by atomic mass is 15.1. The van der Waals surface area contributed by atoms with Crippen molar-refractivity contribution in [2.24, 2.45) is 0 Å². The summed E-state index contributed by atoms with van der Waals surface area (Å²) in [5.74, 6) is 0. The summed E-state index contributed by atoms with van der Waals surface area (Å²) < 4.78 is 2.46. The Morgan fingerprint density at radius 2 is 0.603 bits per heavy atom. The van der Waals surface area contributed by atoms with Crippen LogP contribution in [0.5, 0.6) is 0 Å². The van der Waals surface area contributed by atoms with Gasteiger partial charge in [0, 0.05) is 33.5 Å². The quantitative estimate of drug-likeness (QED) is 0.125. The molecule has 0 amide bonds. The SMILES string of the molecule is c1ccc(-c2cccc(-c3cc(-c4cccc5ccccc45)cc(-n4c5ccccc5c5cc(-c6ccc(-c7cccc(N(c8ccccc8)c8cc(-c9ccccc9)cc(-c9ccccc9)c8)c7)cc6)ccc54)c3)c2)cc1. The van der Waals surface area contributed by atoms with E-state index in [1.807, 2.05) is 0 Å². The molecular weight excluding hydrogens is 941 g/mol. The Balaban J connectivity index is 0.844. The molecule has 0 unspecified atom stereocenters. The predicted molar refractivity (Wildman–Crippen MR) is 331 cm³/mol. The van der Waals surface area contributed by atoms with E-state index in [1.54, 1.807) is 0 Å². The van der Waals surface area contributed by atoms with Crippen LogP contribution in [0, 0.1) is 0 Å². The van der Waals surface area contributed by atoms with Crippen LogP contribution in [0.4, 0.5) is 17.1 Å². The number of rotatable bonds is 11. The third-order valence-electron chi connectivity index (χ3n) is 15.3. The second-order valence-electron chi connectivity index (χ2n) is 20.1. The Bertz CT molecular complexity index is 4400. The normalized spacial score (nSPS) is 11.3. The van der Waals surface area contributed by atoms with E-state index in [-0.39, 0.29) is 0 Å². The molecule has 0 aliphatic carbocycles. The molecule has 0 fully saturated rings. The molecule has 0 N–H and O–H groups in total. The van der Waals surface area contributed by atoms with Crippen LogP contribution in [0.2, 0.25) is 0 Å². The van der Waals surface area contributed by atoms with E-state index in [0.29, 0.717) is 0 Å². The van der Waals surface area contributed by atoms with Crippen molar-refractivity contribution >= 4 is 49.6 Å². The highest BCUT2D eigenvalue weighted by Crippen LogP contribution is 2.43. The molecule has 0 bridgehead atoms. The first kappa shape index (κ1) is 46.3. The number of fused-ring (bicyclic) bond motifs is 4. The molecule has 0 aliphatic heterocycles. The van der Waals surface area contributed by atoms with Crippen LogP contribution >= 0.6 is 0 Å². The smallest absolute Gasteiger partial charge is 0.0541 e. The van der Waals surface area contributed by atoms with Crippen molar-refractivity contribution < 1.29 is 0 Å². The van der Waals surface area contributed by atoms with Gasteiger partial charge in [-0.1, -0.05) is 231 Å². The molecule has 0 aliphatic rings. The van der Waals surface area contributed by atoms with Crippen LogP contribution in [0.1, 0.15) is 0 Å². The summed E-state index contributed by atoms with van der Waals surface area (Å²) in [7, 11) is 0. The number of aromatic nitrogens is 1. The molecule has 78 heavy (non-hydrogen) atoms. The summed E-state index contributed by atoms with van der Waals surface area (Å²) >= 11 is 0. The van der Waals surface area contributed by atoms with Gasteiger partial charge in [-0.2, -0.15) is 0 Å². The summed E-state index contributed by atoms with van der Waals surface area (Å²) in [6, 6.07) is 115. The molecular formula is C76H52N2. The summed E-state index contributed by atoms with van der Waals surface area (Å²) in [6.45, 7) is 0. The standard InChI is InChI=1S/C76H52N2/c1-5-20-53(21-6-1)59-28-17-29-60(44-59)65-46-66(72-36-19-27-58-26-13-14-34-71(58)72)51-70(50-65)78-75-37-16-15-35-73(75)74-52-62(42-43-76(74)78)57-40-38-56(39-41-57)61-30-18-33-68(47-61)77(67-31-11-4-12-32-67)69-48-63(54-22-7-2-8-23-54)45-64(49-69)55-24-9-3-10-25-55/h1-52H. The van der Waals surface area contributed by atoms with Crippen molar-refractivity contribution in [3.05, 3.63) is 315 Å². The predicted octanol–water partition coefficient (Wildman–Crippen LogP) is 21.1. The first-order valence-corrected chi connectivity index (χ1v) is 26.8. The second kappa shape index (κ2) is 20.1. The van der Waals surface area contributed by atoms with Crippen LogP contribution in [0.15, 0.2) is 315 Å². The largest absolute Gasteiger partial charge is 0.310 e. The third kappa shape index (κ3) is 8.81. The molecule has 0 spiro atoms. The van der Waals surface area contributed by atoms with Crippen molar-refractivity contribution in [1.82, 2.24) is 4.57 Å². The zero-order valence-corrected chi connectivity index (χ0v) is 42.9. The molecule has 2 heteroatoms. The molecule has 0 radical (unpaired) electrons. The molecule has 0 saturated carbocycles. The summed E-state index contributed by atoms with van der Waals surface area (Å²) in [4.78, 5) is 2.38. The number of hydrogen-bond acceptors (Lipinski definition) is 1. The molecule has 0 atom stereocenters. The van der Waals surface area contributed by atoms with E-state index in [4.69, 9.17) is 0 Å². The number of hydrogen-bond donors (Lipinski definition) is 0. The average Bonchev–Trinajstić information content (AvgIpc) is 4.09. The van der Waals surface area contributed by atoms with Crippen molar-refractivity contribution in [3.8, 4) is 83.6 Å². The van der Waals surface area contributed by atoms with Crippen LogP contribution in [0.3, 0.4) is 0 Å². The van der Waals surface area contributed by atoms with Gasteiger partial charge in [0.05, 0.1) is 11.0 Å². The maximum Gasteiger partial charge on any atom is 0.0541 e. The van der Waals surface area contributed by atoms with Crippen molar-refractivity contribution in [3.63, 3.8) is 0 Å². The zero-order chi connectivity index (χ0) is 51.8. The van der Waals surface area contributed by atoms with Crippen LogP contribution in [-0.4, -0.2) is 4.57 Å². The first-order valence-electron chi connectivity index (χ1n) is 26.8. The van der Waals surface area contributed by atoms with Gasteiger partial charge in [0.1, 0.15) is 0 Å². The summed E-state index contributed by atoms with van der Waals surface area (Å²) in [6.07, 6.45) is 0. The van der Waals surface area contributed by atoms with E-state index in [0.717, 1.165) is 33.9 Å². The monoisotopic (exact) mass is 992 g/mol. The molecule has 14 aromatic rings. The van der Waals surface area contributed by atoms with Gasteiger partial charge in [-0.25, -0.2) is 0 Å². The molecule has 1 aromatic heterocycles. The van der Waals surface area contributed by atoms with Gasteiger partial charge in [0.15, 0.2) is 0 Å². The maximum atomic E-state index is 2.46. The van der Waals surface area contributed by atoms with E-state index in [2.05, 4.69) is 325 Å². The summed E-state index contributed by atoms with van der Waals surface area (Å²) in [5.41, 5.74) is 23.2. The van der Waals surface area contributed by atoms with Crippen molar-refractivity contribution in [2.45, 2.75) is 0 Å². The fraction of sp³-hybridized carbons (Fsp3) is 0. The minimum atomic E-state index is 1.09. The number of nitrogens with zero attached hydrogens (tertiary/aromatic N) is 2. The second-order valence-corrected chi connectivity index (χ2v) is 20.1. The Hall–Kier alpha value is -10.3. The van der Waals surface area contributed by atoms with Crippen LogP contribution in [0.25, 0.3) is 116 Å². The zero-order valence-electron chi connectivity index (χ0n) is 42.9. The molecule has 0 saturated heterocycles. The van der Waals surface area contributed by atoms with Gasteiger partial charge < -0.3 is 9.47 Å². The van der Waals surface area contributed by atoms with Gasteiger partial charge in [0.25, 0.3) is 0 Å². The van der Waals surface area contributed by atoms with Crippen LogP contribution < -0.4 is 4.90 Å². The van der Waals surface area contributed by atoms with Crippen molar-refractivity contribution in [2.75, 3.05) is 4.90 Å². The molecule has 366 valence electrons. The minimum Gasteiger partial charge on any atom is -0.310 e. The topological polar surface area (TPSA) is 8.17 Å². The maximum absolute atomic E-state index is 2.46. The van der Waals surface area contributed by atoms with E-state index >= 15 is 0 Å². The Morgan fingerprint density at radius 3 is 1.28 bits per heavy atom. The van der Waals surface area contributed by atoms with Gasteiger partial charge in [-0.3, -0.25) is 0 Å². The van der Waals surface area contributed by atoms with Crippen molar-refractivity contribution in [1.29, 1.82) is 0 Å². The number of para-hydroxylation sites is 2. The van der Waals surface area contributed by atoms with Gasteiger partial charge in [-0.05, 0) is 174 Å². The lowest BCUT2D eigenvalue weighted by molar-refractivity contribution is 1.18. The molecule has 14 rings (SSSR count). The summed E-state index contributed by atoms with van der Waals surface area (Å²) in [5, 5.41) is 4.91. The lowest BCUT2D eigenvalue weighted by Gasteiger charge is -2.27. The molecule has 1 heterocycles. The van der Waals surface area contributed by atoms with Gasteiger partial charge in [-0.15, -0.1) is 0 Å². The van der Waals surface area contributed by atoms with Crippen LogP contribution in [-0.2, 0) is 0 Å². The Labute approximate surface area is 455 Å². The first-order chi connectivity index (χ1) is 38.6. The van der Waals surface area contributed by atoms with E-state index < -0.39 is 0 Å². The highest BCUT2D eigenvalue weighted by molar-refractivity contribution is 6.11. The number of benzene rings is 13. The minimum absolute atomic E-state index is 1.09. The lowest BCUT2D eigenvalue weighted by Crippen LogP contribution is -2.10. The average molecular weight is 993 g/mol. The molecule has 2 nitrogen and oxygen atoms in total.